The summed E-state index contributed by atoms with van der Waals surface area (Å²) in [4.78, 5) is 24.3. The number of amides is 2. The molecule has 0 aromatic heterocycles. The lowest BCUT2D eigenvalue weighted by Crippen LogP contribution is -3.00. The number of ether oxygens (including phenoxy) is 7. The second-order valence-electron chi connectivity index (χ2n) is 14.0. The molecule has 0 aromatic rings. The van der Waals surface area contributed by atoms with E-state index in [0.717, 1.165) is 6.92 Å². The van der Waals surface area contributed by atoms with Crippen LogP contribution in [0.15, 0.2) is 0 Å². The Morgan fingerprint density at radius 2 is 1.38 bits per heavy atom. The Labute approximate surface area is 296 Å². The van der Waals surface area contributed by atoms with E-state index in [4.69, 9.17) is 33.2 Å². The minimum absolute atomic E-state index is 0.452. The van der Waals surface area contributed by atoms with Gasteiger partial charge in [0.15, 0.2) is 30.0 Å². The number of aliphatic hydroxyl groups excluding tert-OH is 11. The van der Waals surface area contributed by atoms with E-state index >= 15 is 0 Å². The van der Waals surface area contributed by atoms with Gasteiger partial charge in [-0.15, -0.1) is 0 Å². The van der Waals surface area contributed by atoms with Crippen molar-refractivity contribution in [1.29, 1.82) is 0 Å². The van der Waals surface area contributed by atoms with Crippen molar-refractivity contribution < 1.29 is 98.9 Å². The molecular formula is C30H50N2O20. The fraction of sp³-hybridized carbons (Fsp3) is 0.933. The zero-order chi connectivity index (χ0) is 38.5. The third kappa shape index (κ3) is 6.75. The summed E-state index contributed by atoms with van der Waals surface area (Å²) in [5.41, 5.74) is -5.89. The molecule has 13 N–H and O–H groups in total. The molecule has 4 saturated heterocycles. The number of carbonyl (C=O) groups is 2. The molecule has 0 spiro atoms. The first-order chi connectivity index (χ1) is 24.5. The quantitative estimate of drug-likeness (QED) is 0.0829. The van der Waals surface area contributed by atoms with E-state index in [0.29, 0.717) is 0 Å². The van der Waals surface area contributed by atoms with E-state index in [9.17, 15) is 65.8 Å². The molecule has 300 valence electrons. The van der Waals surface area contributed by atoms with Crippen LogP contribution in [0.5, 0.6) is 0 Å². The highest BCUT2D eigenvalue weighted by molar-refractivity contribution is 5.75. The number of hydrogen-bond donors (Lipinski definition) is 13. The lowest BCUT2D eigenvalue weighted by Gasteiger charge is -2.74. The molecule has 22 nitrogen and oxygen atoms in total. The van der Waals surface area contributed by atoms with Crippen molar-refractivity contribution in [2.45, 2.75) is 142 Å². The van der Waals surface area contributed by atoms with E-state index in [1.54, 1.807) is 6.92 Å². The molecule has 10 unspecified atom stereocenters. The van der Waals surface area contributed by atoms with Crippen molar-refractivity contribution in [2.75, 3.05) is 33.0 Å². The molecule has 5 aliphatic rings. The van der Waals surface area contributed by atoms with Crippen LogP contribution in [0.2, 0.25) is 0 Å². The van der Waals surface area contributed by atoms with Gasteiger partial charge in [0.05, 0.1) is 51.3 Å². The predicted molar refractivity (Wildman–Crippen MR) is 163 cm³/mol. The molecule has 0 radical (unpaired) electrons. The molecule has 1 saturated carbocycles. The molecule has 52 heavy (non-hydrogen) atoms. The van der Waals surface area contributed by atoms with Crippen LogP contribution in [0.25, 0.3) is 0 Å². The molecule has 18 atom stereocenters. The third-order valence-corrected chi connectivity index (χ3v) is 10.6. The number of rotatable bonds is 13. The summed E-state index contributed by atoms with van der Waals surface area (Å²) < 4.78 is 40.5. The van der Waals surface area contributed by atoms with Crippen LogP contribution in [-0.4, -0.2) is 216 Å². The first-order valence-electron chi connectivity index (χ1n) is 16.8. The molecule has 0 aromatic carbocycles. The van der Waals surface area contributed by atoms with Crippen molar-refractivity contribution in [2.24, 2.45) is 0 Å². The largest absolute Gasteiger partial charge is 0.394 e. The summed E-state index contributed by atoms with van der Waals surface area (Å²) in [6.07, 6.45) is -24.2. The van der Waals surface area contributed by atoms with Crippen molar-refractivity contribution in [3.8, 4) is 0 Å². The second kappa shape index (κ2) is 15.8. The van der Waals surface area contributed by atoms with E-state index in [1.165, 1.54) is 6.92 Å². The minimum Gasteiger partial charge on any atom is -0.394 e. The topological polar surface area (TPSA) is 345 Å². The summed E-state index contributed by atoms with van der Waals surface area (Å²) in [5, 5.41) is 121. The zero-order valence-electron chi connectivity index (χ0n) is 28.6. The van der Waals surface area contributed by atoms with E-state index in [1.807, 2.05) is 0 Å². The van der Waals surface area contributed by atoms with Gasteiger partial charge in [-0.05, 0) is 6.92 Å². The molecular weight excluding hydrogens is 708 g/mol. The monoisotopic (exact) mass is 758 g/mol. The Hall–Kier alpha value is -1.78. The normalized spacial score (nSPS) is 48.5. The maximum atomic E-state index is 12.5. The first kappa shape index (κ1) is 41.4. The van der Waals surface area contributed by atoms with Gasteiger partial charge in [-0.25, -0.2) is 0 Å². The van der Waals surface area contributed by atoms with Crippen LogP contribution in [0.4, 0.5) is 0 Å². The SMILES string of the molecule is CC(=O)N[C@H]1C(O)[C@H](O[C@@H]2OC3(CO)[C@@H](O[C@@H]4OC(CO)(CO)CC(O[C@H]5OC(CO)[C@@H](O)C(O)C5O)C4O)C(O)C23NC(C)=O)C(CO)O[C@H]1C. The first-order valence-corrected chi connectivity index (χ1v) is 16.8. The van der Waals surface area contributed by atoms with Crippen LogP contribution in [0, 0.1) is 0 Å². The number of nitrogens with one attached hydrogen (secondary N) is 2. The summed E-state index contributed by atoms with van der Waals surface area (Å²) in [6, 6.07) is -1.01. The van der Waals surface area contributed by atoms with Gasteiger partial charge in [0.25, 0.3) is 0 Å². The van der Waals surface area contributed by atoms with Crippen molar-refractivity contribution >= 4 is 11.8 Å². The van der Waals surface area contributed by atoms with Crippen LogP contribution in [-0.2, 0) is 42.7 Å². The van der Waals surface area contributed by atoms with Gasteiger partial charge in [0.1, 0.15) is 66.6 Å². The molecule has 5 rings (SSSR count). The lowest BCUT2D eigenvalue weighted by molar-refractivity contribution is -0.502. The maximum absolute atomic E-state index is 12.5. The van der Waals surface area contributed by atoms with Crippen LogP contribution in [0.3, 0.4) is 0 Å². The number of hydrogen-bond acceptors (Lipinski definition) is 20. The highest BCUT2D eigenvalue weighted by Gasteiger charge is 2.87. The fourth-order valence-electron chi connectivity index (χ4n) is 7.77. The highest BCUT2D eigenvalue weighted by Crippen LogP contribution is 2.60. The average molecular weight is 759 g/mol. The van der Waals surface area contributed by atoms with E-state index in [2.05, 4.69) is 10.6 Å². The third-order valence-electron chi connectivity index (χ3n) is 10.6. The van der Waals surface area contributed by atoms with Crippen LogP contribution < -0.4 is 10.6 Å². The fourth-order valence-corrected chi connectivity index (χ4v) is 7.77. The number of fused-ring (bicyclic) bond motifs is 1. The summed E-state index contributed by atoms with van der Waals surface area (Å²) in [5.74, 6) is -1.22. The number of carbonyl (C=O) groups excluding carboxylic acids is 2. The molecule has 5 fully saturated rings. The van der Waals surface area contributed by atoms with Crippen LogP contribution >= 0.6 is 0 Å². The molecule has 0 bridgehead atoms. The second-order valence-corrected chi connectivity index (χ2v) is 14.0. The standard InChI is InChI=1S/C30H50N2O20/c1-10-16(31-11(2)38)19(42)22(15(6-34)46-10)49-27-30(32-12(3)39)23(45)24(29(30,9-37)52-27)50-26-18(41)13(4-28(7-35,8-36)51-26)47-25-21(44)20(43)17(40)14(5-33)48-25/h10,13-27,33-37,40-45H,4-9H2,1-3H3,(H,31,38)(H,32,39)/t10-,13?,14?,15?,16+,17+,18?,19?,20?,21?,22+,23?,24-,25-,26+,27+,29?,30?/m0/s1. The molecule has 22 heteroatoms. The van der Waals surface area contributed by atoms with Crippen LogP contribution in [0.1, 0.15) is 27.2 Å². The van der Waals surface area contributed by atoms with Crippen molar-refractivity contribution in [3.63, 3.8) is 0 Å². The molecule has 4 heterocycles. The Bertz CT molecular complexity index is 1260. The zero-order valence-corrected chi connectivity index (χ0v) is 28.6. The Kier molecular flexibility index (Phi) is 12.5. The Morgan fingerprint density at radius 1 is 0.731 bits per heavy atom. The predicted octanol–water partition coefficient (Wildman–Crippen LogP) is -8.25. The smallest absolute Gasteiger partial charge is 0.217 e. The summed E-state index contributed by atoms with van der Waals surface area (Å²) in [7, 11) is 0. The molecule has 2 amide bonds. The van der Waals surface area contributed by atoms with E-state index in [-0.39, 0.29) is 0 Å². The van der Waals surface area contributed by atoms with Gasteiger partial charge in [-0.2, -0.15) is 0 Å². The molecule has 4 aliphatic heterocycles. The van der Waals surface area contributed by atoms with Gasteiger partial charge >= 0.3 is 0 Å². The van der Waals surface area contributed by atoms with Gasteiger partial charge in [0.2, 0.25) is 11.8 Å². The summed E-state index contributed by atoms with van der Waals surface area (Å²) in [6.45, 7) is -0.262. The maximum Gasteiger partial charge on any atom is 0.217 e. The van der Waals surface area contributed by atoms with Gasteiger partial charge in [0, 0.05) is 20.3 Å². The van der Waals surface area contributed by atoms with E-state index < -0.39 is 166 Å². The highest BCUT2D eigenvalue weighted by atomic mass is 16.8. The Morgan fingerprint density at radius 3 is 1.94 bits per heavy atom. The minimum atomic E-state index is -2.02. The number of aliphatic hydroxyl groups is 11. The van der Waals surface area contributed by atoms with Gasteiger partial charge < -0.3 is 100.0 Å². The lowest BCUT2D eigenvalue weighted by atomic mass is 9.53. The van der Waals surface area contributed by atoms with Crippen molar-refractivity contribution in [1.82, 2.24) is 10.6 Å². The molecule has 1 aliphatic carbocycles. The Balaban J connectivity index is 1.38. The van der Waals surface area contributed by atoms with Gasteiger partial charge in [-0.3, -0.25) is 9.59 Å². The van der Waals surface area contributed by atoms with Crippen molar-refractivity contribution in [3.05, 3.63) is 0 Å². The van der Waals surface area contributed by atoms with Gasteiger partial charge in [-0.1, -0.05) is 0 Å². The summed E-state index contributed by atoms with van der Waals surface area (Å²) >= 11 is 0. The average Bonchev–Trinajstić information content (AvgIpc) is 3.11.